The molecule has 1 rings (SSSR count). The first kappa shape index (κ1) is 9.67. The normalized spacial score (nSPS) is 9.93. The monoisotopic (exact) mass is 190 g/mol. The lowest BCUT2D eigenvalue weighted by Crippen LogP contribution is -1.98. The van der Waals surface area contributed by atoms with Gasteiger partial charge in [-0.1, -0.05) is 6.07 Å². The van der Waals surface area contributed by atoms with Crippen molar-refractivity contribution in [3.05, 3.63) is 39.4 Å². The van der Waals surface area contributed by atoms with Crippen LogP contribution in [0.4, 0.5) is 5.69 Å². The number of hydrogen-bond donors (Lipinski definition) is 1. The third-order valence-corrected chi connectivity index (χ3v) is 1.58. The molecule has 0 bridgehead atoms. The molecule has 1 aromatic carbocycles. The van der Waals surface area contributed by atoms with Crippen molar-refractivity contribution in [1.82, 2.24) is 0 Å². The Hall–Kier alpha value is -2.42. The van der Waals surface area contributed by atoms with Gasteiger partial charge in [-0.05, 0) is 12.1 Å². The highest BCUT2D eigenvalue weighted by Gasteiger charge is 2.17. The Bertz CT molecular complexity index is 433. The predicted octanol–water partition coefficient (Wildman–Crippen LogP) is 0.759. The van der Waals surface area contributed by atoms with E-state index in [1.807, 2.05) is 0 Å². The Morgan fingerprint density at radius 3 is 2.86 bits per heavy atom. The number of rotatable bonds is 2. The number of benzene rings is 1. The Balaban J connectivity index is 3.45. The van der Waals surface area contributed by atoms with Gasteiger partial charge < -0.3 is 5.84 Å². The smallest absolute Gasteiger partial charge is 0.295 e. The Labute approximate surface area is 79.4 Å². The molecular formula is C8H6N4O2. The van der Waals surface area contributed by atoms with Gasteiger partial charge in [0.25, 0.3) is 5.69 Å². The van der Waals surface area contributed by atoms with Crippen molar-refractivity contribution in [2.24, 2.45) is 10.9 Å². The number of nitro groups is 1. The third kappa shape index (κ3) is 1.67. The summed E-state index contributed by atoms with van der Waals surface area (Å²) in [4.78, 5) is 10.00. The Morgan fingerprint density at radius 1 is 1.64 bits per heavy atom. The van der Waals surface area contributed by atoms with Crippen molar-refractivity contribution < 1.29 is 4.92 Å². The molecule has 0 aromatic heterocycles. The molecule has 70 valence electrons. The second kappa shape index (κ2) is 4.00. The summed E-state index contributed by atoms with van der Waals surface area (Å²) >= 11 is 0. The van der Waals surface area contributed by atoms with E-state index in [2.05, 4.69) is 5.10 Å². The lowest BCUT2D eigenvalue weighted by Gasteiger charge is -1.97. The van der Waals surface area contributed by atoms with E-state index in [4.69, 9.17) is 11.1 Å². The topological polar surface area (TPSA) is 105 Å². The van der Waals surface area contributed by atoms with Gasteiger partial charge in [-0.15, -0.1) is 0 Å². The average Bonchev–Trinajstić information content (AvgIpc) is 2.17. The Morgan fingerprint density at radius 2 is 2.36 bits per heavy atom. The highest BCUT2D eigenvalue weighted by Crippen LogP contribution is 2.21. The molecule has 2 N–H and O–H groups in total. The SMILES string of the molecule is N#Cc1cccc(C=NN)c1[N+](=O)[O-]. The first-order valence-corrected chi connectivity index (χ1v) is 3.61. The van der Waals surface area contributed by atoms with Crippen molar-refractivity contribution in [3.8, 4) is 6.07 Å². The van der Waals surface area contributed by atoms with Crippen LogP contribution in [0.5, 0.6) is 0 Å². The summed E-state index contributed by atoms with van der Waals surface area (Å²) in [5.41, 5.74) is -0.0619. The van der Waals surface area contributed by atoms with Gasteiger partial charge in [-0.2, -0.15) is 10.4 Å². The van der Waals surface area contributed by atoms with Crippen molar-refractivity contribution >= 4 is 11.9 Å². The molecule has 1 aromatic rings. The summed E-state index contributed by atoms with van der Waals surface area (Å²) in [5.74, 6) is 4.89. The summed E-state index contributed by atoms with van der Waals surface area (Å²) in [6, 6.07) is 6.10. The molecule has 0 spiro atoms. The molecule has 0 aliphatic carbocycles. The molecule has 0 heterocycles. The zero-order chi connectivity index (χ0) is 10.6. The van der Waals surface area contributed by atoms with Gasteiger partial charge in [-0.3, -0.25) is 10.1 Å². The van der Waals surface area contributed by atoms with Crippen molar-refractivity contribution in [2.45, 2.75) is 0 Å². The summed E-state index contributed by atoms with van der Waals surface area (Å²) in [6.07, 6.45) is 1.14. The third-order valence-electron chi connectivity index (χ3n) is 1.58. The van der Waals surface area contributed by atoms with E-state index in [9.17, 15) is 10.1 Å². The highest BCUT2D eigenvalue weighted by molar-refractivity contribution is 5.86. The number of nitro benzene ring substituents is 1. The van der Waals surface area contributed by atoms with Crippen LogP contribution in [0.2, 0.25) is 0 Å². The molecule has 0 aliphatic rings. The fourth-order valence-corrected chi connectivity index (χ4v) is 1.04. The largest absolute Gasteiger partial charge is 0.323 e. The maximum absolute atomic E-state index is 10.6. The molecule has 0 unspecified atom stereocenters. The van der Waals surface area contributed by atoms with Gasteiger partial charge in [0.15, 0.2) is 0 Å². The van der Waals surface area contributed by atoms with Gasteiger partial charge >= 0.3 is 0 Å². The van der Waals surface area contributed by atoms with E-state index in [1.165, 1.54) is 18.2 Å². The molecule has 6 heteroatoms. The molecule has 0 amide bonds. The van der Waals surface area contributed by atoms with Crippen LogP contribution in [0.15, 0.2) is 23.3 Å². The van der Waals surface area contributed by atoms with E-state index in [0.717, 1.165) is 6.21 Å². The van der Waals surface area contributed by atoms with Crippen LogP contribution >= 0.6 is 0 Å². The maximum Gasteiger partial charge on any atom is 0.295 e. The predicted molar refractivity (Wildman–Crippen MR) is 49.6 cm³/mol. The van der Waals surface area contributed by atoms with Crippen LogP contribution in [0.25, 0.3) is 0 Å². The second-order valence-electron chi connectivity index (χ2n) is 2.39. The standard InChI is InChI=1S/C8H6N4O2/c9-4-6-2-1-3-7(5-11-10)8(6)12(13)14/h1-3,5H,10H2. The fourth-order valence-electron chi connectivity index (χ4n) is 1.04. The quantitative estimate of drug-likeness (QED) is 0.321. The fraction of sp³-hybridized carbons (Fsp3) is 0. The average molecular weight is 190 g/mol. The molecule has 0 radical (unpaired) electrons. The number of hydrazone groups is 1. The van der Waals surface area contributed by atoms with Crippen LogP contribution in [0, 0.1) is 21.4 Å². The number of nitriles is 1. The molecule has 14 heavy (non-hydrogen) atoms. The van der Waals surface area contributed by atoms with E-state index >= 15 is 0 Å². The van der Waals surface area contributed by atoms with E-state index < -0.39 is 4.92 Å². The van der Waals surface area contributed by atoms with Gasteiger partial charge in [0.05, 0.1) is 16.7 Å². The van der Waals surface area contributed by atoms with Crippen LogP contribution < -0.4 is 5.84 Å². The first-order chi connectivity index (χ1) is 6.70. The van der Waals surface area contributed by atoms with Gasteiger partial charge in [0.2, 0.25) is 0 Å². The minimum atomic E-state index is -0.629. The summed E-state index contributed by atoms with van der Waals surface area (Å²) in [6.45, 7) is 0. The van der Waals surface area contributed by atoms with E-state index in [1.54, 1.807) is 6.07 Å². The van der Waals surface area contributed by atoms with Crippen LogP contribution in [0.3, 0.4) is 0 Å². The van der Waals surface area contributed by atoms with Crippen molar-refractivity contribution in [1.29, 1.82) is 5.26 Å². The summed E-state index contributed by atoms with van der Waals surface area (Å²) in [7, 11) is 0. The van der Waals surface area contributed by atoms with Crippen LogP contribution in [0.1, 0.15) is 11.1 Å². The zero-order valence-corrected chi connectivity index (χ0v) is 7.04. The van der Waals surface area contributed by atoms with E-state index in [0.29, 0.717) is 0 Å². The van der Waals surface area contributed by atoms with Crippen molar-refractivity contribution in [3.63, 3.8) is 0 Å². The van der Waals surface area contributed by atoms with Gasteiger partial charge in [0.1, 0.15) is 11.6 Å². The number of nitrogens with zero attached hydrogens (tertiary/aromatic N) is 3. The summed E-state index contributed by atoms with van der Waals surface area (Å²) in [5, 5.41) is 22.4. The Kier molecular flexibility index (Phi) is 2.76. The second-order valence-corrected chi connectivity index (χ2v) is 2.39. The van der Waals surface area contributed by atoms with Crippen LogP contribution in [-0.4, -0.2) is 11.1 Å². The van der Waals surface area contributed by atoms with Crippen molar-refractivity contribution in [2.75, 3.05) is 0 Å². The minimum Gasteiger partial charge on any atom is -0.323 e. The summed E-state index contributed by atoms with van der Waals surface area (Å²) < 4.78 is 0. The zero-order valence-electron chi connectivity index (χ0n) is 7.04. The lowest BCUT2D eigenvalue weighted by atomic mass is 10.1. The maximum atomic E-state index is 10.6. The lowest BCUT2D eigenvalue weighted by molar-refractivity contribution is -0.385. The number of nitrogens with two attached hydrogens (primary N) is 1. The minimum absolute atomic E-state index is 0.00704. The molecule has 6 nitrogen and oxygen atoms in total. The van der Waals surface area contributed by atoms with Crippen LogP contribution in [-0.2, 0) is 0 Å². The molecule has 0 fully saturated rings. The molecular weight excluding hydrogens is 184 g/mol. The van der Waals surface area contributed by atoms with Gasteiger partial charge in [0, 0.05) is 0 Å². The first-order valence-electron chi connectivity index (χ1n) is 3.61. The number of hydrogen-bond acceptors (Lipinski definition) is 5. The molecule has 0 saturated heterocycles. The highest BCUT2D eigenvalue weighted by atomic mass is 16.6. The number of para-hydroxylation sites is 1. The molecule has 0 aliphatic heterocycles. The molecule has 0 atom stereocenters. The molecule has 0 saturated carbocycles. The van der Waals surface area contributed by atoms with Gasteiger partial charge in [-0.25, -0.2) is 0 Å². The van der Waals surface area contributed by atoms with E-state index in [-0.39, 0.29) is 16.8 Å².